The molecule has 0 unspecified atom stereocenters. The Labute approximate surface area is 138 Å². The Hall–Kier alpha value is -2.19. The fraction of sp³-hybridized carbons (Fsp3) is 0.0714. The van der Waals surface area contributed by atoms with Crippen molar-refractivity contribution in [3.05, 3.63) is 45.9 Å². The topological polar surface area (TPSA) is 65.0 Å². The third-order valence-corrected chi connectivity index (χ3v) is 3.96. The number of halogens is 1. The summed E-state index contributed by atoms with van der Waals surface area (Å²) < 4.78 is 14.0. The molecular weight excluding hydrogens is 368 g/mol. The number of H-pyrrole nitrogens is 1. The first-order chi connectivity index (χ1) is 10.7. The molecule has 110 valence electrons. The quantitative estimate of drug-likeness (QED) is 0.693. The van der Waals surface area contributed by atoms with Gasteiger partial charge in [0.25, 0.3) is 0 Å². The van der Waals surface area contributed by atoms with Crippen LogP contribution in [0.15, 0.2) is 41.1 Å². The molecule has 0 fully saturated rings. The number of aromatic amines is 1. The van der Waals surface area contributed by atoms with Crippen molar-refractivity contribution in [2.24, 2.45) is 0 Å². The smallest absolute Gasteiger partial charge is 0.231 e. The third-order valence-electron chi connectivity index (χ3n) is 3.25. The highest BCUT2D eigenvalue weighted by atomic mass is 79.9. The monoisotopic (exact) mass is 376 g/mol. The lowest BCUT2D eigenvalue weighted by Crippen LogP contribution is -1.98. The molecule has 0 radical (unpaired) electrons. The molecule has 0 atom stereocenters. The molecule has 0 saturated carbocycles. The molecular formula is C14H9BrN4O2S. The van der Waals surface area contributed by atoms with Crippen LogP contribution in [0.5, 0.6) is 11.5 Å². The summed E-state index contributed by atoms with van der Waals surface area (Å²) in [7, 11) is 0. The van der Waals surface area contributed by atoms with Gasteiger partial charge in [-0.25, -0.2) is 0 Å². The van der Waals surface area contributed by atoms with Crippen molar-refractivity contribution in [1.29, 1.82) is 0 Å². The summed E-state index contributed by atoms with van der Waals surface area (Å²) in [5, 5.41) is 7.13. The molecule has 0 aliphatic carbocycles. The average Bonchev–Trinajstić information content (AvgIpc) is 3.12. The summed E-state index contributed by atoms with van der Waals surface area (Å²) in [4.78, 5) is 4.17. The van der Waals surface area contributed by atoms with Crippen LogP contribution < -0.4 is 9.47 Å². The molecule has 1 aliphatic rings. The summed E-state index contributed by atoms with van der Waals surface area (Å²) in [5.74, 6) is 2.10. The maximum absolute atomic E-state index is 5.42. The predicted molar refractivity (Wildman–Crippen MR) is 85.8 cm³/mol. The van der Waals surface area contributed by atoms with Crippen LogP contribution in [0.2, 0.25) is 0 Å². The number of aromatic nitrogens is 4. The predicted octanol–water partition coefficient (Wildman–Crippen LogP) is 3.48. The van der Waals surface area contributed by atoms with E-state index in [0.717, 1.165) is 21.5 Å². The highest BCUT2D eigenvalue weighted by molar-refractivity contribution is 9.10. The number of nitrogens with zero attached hydrogens (tertiary/aromatic N) is 3. The Bertz CT molecular complexity index is 921. The van der Waals surface area contributed by atoms with E-state index < -0.39 is 0 Å². The van der Waals surface area contributed by atoms with Crippen molar-refractivity contribution in [2.75, 3.05) is 6.79 Å². The van der Waals surface area contributed by atoms with Crippen molar-refractivity contribution in [3.63, 3.8) is 0 Å². The maximum Gasteiger partial charge on any atom is 0.231 e. The number of nitrogens with one attached hydrogen (secondary N) is 1. The number of hydrogen-bond acceptors (Lipinski definition) is 5. The van der Waals surface area contributed by atoms with E-state index in [0.29, 0.717) is 16.3 Å². The lowest BCUT2D eigenvalue weighted by Gasteiger charge is -2.08. The summed E-state index contributed by atoms with van der Waals surface area (Å²) in [6.07, 6.45) is 3.45. The summed E-state index contributed by atoms with van der Waals surface area (Å²) in [5.41, 5.74) is 1.69. The standard InChI is InChI=1S/C14H9BrN4O2S/c15-9-3-8(5-16-6-9)13-17-18-14(22)19(13)10-1-2-11-12(4-10)21-7-20-11/h1-6H,7H2,(H,18,22). The second-order valence-electron chi connectivity index (χ2n) is 4.62. The first kappa shape index (κ1) is 13.5. The Morgan fingerprint density at radius 1 is 1.18 bits per heavy atom. The first-order valence-corrected chi connectivity index (χ1v) is 7.61. The zero-order chi connectivity index (χ0) is 15.1. The lowest BCUT2D eigenvalue weighted by atomic mass is 10.2. The van der Waals surface area contributed by atoms with Gasteiger partial charge in [-0.05, 0) is 46.3 Å². The summed E-state index contributed by atoms with van der Waals surface area (Å²) >= 11 is 8.77. The highest BCUT2D eigenvalue weighted by Crippen LogP contribution is 2.34. The van der Waals surface area contributed by atoms with E-state index in [4.69, 9.17) is 21.7 Å². The van der Waals surface area contributed by atoms with Crippen molar-refractivity contribution in [1.82, 2.24) is 19.7 Å². The Morgan fingerprint density at radius 2 is 2.05 bits per heavy atom. The van der Waals surface area contributed by atoms with Crippen LogP contribution in [-0.2, 0) is 0 Å². The molecule has 3 heterocycles. The fourth-order valence-corrected chi connectivity index (χ4v) is 2.89. The molecule has 8 heteroatoms. The molecule has 0 spiro atoms. The number of benzene rings is 1. The first-order valence-electron chi connectivity index (χ1n) is 6.41. The molecule has 6 nitrogen and oxygen atoms in total. The third kappa shape index (κ3) is 2.20. The van der Waals surface area contributed by atoms with Gasteiger partial charge in [-0.3, -0.25) is 14.6 Å². The zero-order valence-electron chi connectivity index (χ0n) is 11.1. The highest BCUT2D eigenvalue weighted by Gasteiger charge is 2.17. The van der Waals surface area contributed by atoms with Crippen molar-refractivity contribution in [3.8, 4) is 28.6 Å². The normalized spacial score (nSPS) is 12.6. The van der Waals surface area contributed by atoms with Crippen LogP contribution >= 0.6 is 28.1 Å². The van der Waals surface area contributed by atoms with E-state index in [1.807, 2.05) is 28.8 Å². The SMILES string of the molecule is S=c1[nH]nc(-c2cncc(Br)c2)n1-c1ccc2c(c1)OCO2. The van der Waals surface area contributed by atoms with E-state index >= 15 is 0 Å². The molecule has 3 aromatic rings. The second kappa shape index (κ2) is 5.22. The zero-order valence-corrected chi connectivity index (χ0v) is 13.5. The van der Waals surface area contributed by atoms with Crippen LogP contribution in [0, 0.1) is 4.77 Å². The number of pyridine rings is 1. The number of hydrogen-bond donors (Lipinski definition) is 1. The van der Waals surface area contributed by atoms with Crippen LogP contribution in [0.3, 0.4) is 0 Å². The average molecular weight is 377 g/mol. The van der Waals surface area contributed by atoms with Crippen LogP contribution in [0.1, 0.15) is 0 Å². The summed E-state index contributed by atoms with van der Waals surface area (Å²) in [6, 6.07) is 7.58. The minimum atomic E-state index is 0.234. The van der Waals surface area contributed by atoms with Crippen LogP contribution in [0.25, 0.3) is 17.1 Å². The van der Waals surface area contributed by atoms with E-state index in [9.17, 15) is 0 Å². The second-order valence-corrected chi connectivity index (χ2v) is 5.92. The van der Waals surface area contributed by atoms with Gasteiger partial charge in [0.05, 0.1) is 5.69 Å². The number of ether oxygens (including phenoxy) is 2. The van der Waals surface area contributed by atoms with E-state index in [2.05, 4.69) is 31.1 Å². The summed E-state index contributed by atoms with van der Waals surface area (Å²) in [6.45, 7) is 0.234. The molecule has 1 aromatic carbocycles. The fourth-order valence-electron chi connectivity index (χ4n) is 2.29. The molecule has 0 bridgehead atoms. The molecule has 1 N–H and O–H groups in total. The maximum atomic E-state index is 5.42. The van der Waals surface area contributed by atoms with Gasteiger partial charge in [-0.15, -0.1) is 0 Å². The van der Waals surface area contributed by atoms with Gasteiger partial charge in [-0.2, -0.15) is 5.10 Å². The molecule has 1 aliphatic heterocycles. The molecule has 0 amide bonds. The Kier molecular flexibility index (Phi) is 3.20. The van der Waals surface area contributed by atoms with Crippen LogP contribution in [0.4, 0.5) is 0 Å². The lowest BCUT2D eigenvalue weighted by molar-refractivity contribution is 0.174. The Balaban J connectivity index is 1.89. The van der Waals surface area contributed by atoms with Crippen LogP contribution in [-0.4, -0.2) is 26.5 Å². The Morgan fingerprint density at radius 3 is 2.91 bits per heavy atom. The van der Waals surface area contributed by atoms with Crippen molar-refractivity contribution < 1.29 is 9.47 Å². The van der Waals surface area contributed by atoms with Gasteiger partial charge in [0.15, 0.2) is 22.1 Å². The largest absolute Gasteiger partial charge is 0.454 e. The van der Waals surface area contributed by atoms with Gasteiger partial charge in [0, 0.05) is 28.5 Å². The minimum Gasteiger partial charge on any atom is -0.454 e. The molecule has 0 saturated heterocycles. The minimum absolute atomic E-state index is 0.234. The number of fused-ring (bicyclic) bond motifs is 1. The van der Waals surface area contributed by atoms with E-state index in [-0.39, 0.29) is 6.79 Å². The van der Waals surface area contributed by atoms with E-state index in [1.165, 1.54) is 0 Å². The van der Waals surface area contributed by atoms with Gasteiger partial charge >= 0.3 is 0 Å². The molecule has 4 rings (SSSR count). The van der Waals surface area contributed by atoms with Crippen molar-refractivity contribution >= 4 is 28.1 Å². The molecule has 2 aromatic heterocycles. The van der Waals surface area contributed by atoms with Crippen molar-refractivity contribution in [2.45, 2.75) is 0 Å². The van der Waals surface area contributed by atoms with Gasteiger partial charge in [0.1, 0.15) is 0 Å². The number of rotatable bonds is 2. The van der Waals surface area contributed by atoms with Gasteiger partial charge in [-0.1, -0.05) is 0 Å². The van der Waals surface area contributed by atoms with Gasteiger partial charge in [0.2, 0.25) is 6.79 Å². The van der Waals surface area contributed by atoms with E-state index in [1.54, 1.807) is 12.4 Å². The molecule has 22 heavy (non-hydrogen) atoms. The van der Waals surface area contributed by atoms with Gasteiger partial charge < -0.3 is 9.47 Å².